The molecule has 4 aromatic rings. The molecule has 0 saturated heterocycles. The Bertz CT molecular complexity index is 1640. The summed E-state index contributed by atoms with van der Waals surface area (Å²) < 4.78 is 34.8. The second kappa shape index (κ2) is 6.78. The quantitative estimate of drug-likeness (QED) is 0.286. The molecule has 0 radical (unpaired) electrons. The van der Waals surface area contributed by atoms with Crippen LogP contribution in [-0.2, 0) is 17.2 Å². The number of nitrogens with two attached hydrogens (primary N) is 1. The second-order valence-corrected chi connectivity index (χ2v) is 8.96. The Morgan fingerprint density at radius 3 is 2.34 bits per heavy atom. The molecule has 32 heavy (non-hydrogen) atoms. The predicted molar refractivity (Wildman–Crippen MR) is 122 cm³/mol. The number of aryl methyl sites for hydroxylation is 1. The van der Waals surface area contributed by atoms with Gasteiger partial charge in [-0.05, 0) is 41.5 Å². The number of anilines is 3. The molecule has 1 aliphatic carbocycles. The van der Waals surface area contributed by atoms with Crippen LogP contribution in [0.15, 0.2) is 70.4 Å². The van der Waals surface area contributed by atoms with Crippen LogP contribution in [-0.4, -0.2) is 23.3 Å². The predicted octanol–water partition coefficient (Wildman–Crippen LogP) is 3.32. The summed E-state index contributed by atoms with van der Waals surface area (Å²) in [5.41, 5.74) is 8.83. The normalized spacial score (nSPS) is 12.6. The SMILES string of the molecule is Cn1c(=O)cc2c3c(c(Nc4cc(N)ccc4S(=O)(=O)O)ccc31)C(=O)c1ccccc1-2. The van der Waals surface area contributed by atoms with Crippen LogP contribution in [0.4, 0.5) is 17.1 Å². The van der Waals surface area contributed by atoms with Gasteiger partial charge in [0.2, 0.25) is 0 Å². The number of carbonyl (C=O) groups excluding carboxylic acids is 1. The molecule has 0 saturated carbocycles. The maximum absolute atomic E-state index is 13.5. The van der Waals surface area contributed by atoms with E-state index in [9.17, 15) is 22.6 Å². The van der Waals surface area contributed by atoms with Gasteiger partial charge in [0.1, 0.15) is 4.90 Å². The van der Waals surface area contributed by atoms with Crippen molar-refractivity contribution in [2.24, 2.45) is 7.05 Å². The van der Waals surface area contributed by atoms with Crippen molar-refractivity contribution in [2.45, 2.75) is 4.90 Å². The number of nitrogen functional groups attached to an aromatic ring is 1. The van der Waals surface area contributed by atoms with Crippen molar-refractivity contribution in [3.05, 3.63) is 82.1 Å². The Balaban J connectivity index is 1.84. The van der Waals surface area contributed by atoms with E-state index in [0.717, 1.165) is 0 Å². The van der Waals surface area contributed by atoms with Crippen LogP contribution in [0.5, 0.6) is 0 Å². The summed E-state index contributed by atoms with van der Waals surface area (Å²) in [6.07, 6.45) is 0. The Labute approximate surface area is 182 Å². The molecule has 3 aromatic carbocycles. The minimum atomic E-state index is -4.55. The van der Waals surface area contributed by atoms with E-state index in [0.29, 0.717) is 38.8 Å². The van der Waals surface area contributed by atoms with Crippen LogP contribution in [0.1, 0.15) is 15.9 Å². The first-order chi connectivity index (χ1) is 15.2. The number of carbonyl (C=O) groups is 1. The number of hydrogen-bond donors (Lipinski definition) is 3. The Morgan fingerprint density at radius 2 is 1.62 bits per heavy atom. The van der Waals surface area contributed by atoms with E-state index < -0.39 is 10.1 Å². The Morgan fingerprint density at radius 1 is 0.906 bits per heavy atom. The van der Waals surface area contributed by atoms with E-state index in [1.54, 1.807) is 43.4 Å². The summed E-state index contributed by atoms with van der Waals surface area (Å²) in [4.78, 5) is 25.7. The van der Waals surface area contributed by atoms with Crippen molar-refractivity contribution in [1.29, 1.82) is 0 Å². The number of nitrogens with zero attached hydrogens (tertiary/aromatic N) is 1. The molecule has 5 rings (SSSR count). The zero-order chi connectivity index (χ0) is 22.8. The number of aromatic nitrogens is 1. The third kappa shape index (κ3) is 2.90. The zero-order valence-corrected chi connectivity index (χ0v) is 17.6. The summed E-state index contributed by atoms with van der Waals surface area (Å²) in [5.74, 6) is -0.267. The molecule has 0 aliphatic heterocycles. The average Bonchev–Trinajstić information content (AvgIpc) is 2.74. The number of benzene rings is 3. The molecular weight excluding hydrogens is 430 g/mol. The van der Waals surface area contributed by atoms with Crippen LogP contribution < -0.4 is 16.6 Å². The number of ketones is 1. The highest BCUT2D eigenvalue weighted by atomic mass is 32.2. The van der Waals surface area contributed by atoms with Crippen molar-refractivity contribution in [3.8, 4) is 11.1 Å². The van der Waals surface area contributed by atoms with Gasteiger partial charge in [0.25, 0.3) is 15.7 Å². The first-order valence-corrected chi connectivity index (χ1v) is 11.1. The Hall–Kier alpha value is -3.95. The van der Waals surface area contributed by atoms with Crippen molar-refractivity contribution >= 4 is 43.9 Å². The van der Waals surface area contributed by atoms with Crippen LogP contribution in [0.2, 0.25) is 0 Å². The number of hydrogen-bond acceptors (Lipinski definition) is 6. The fraction of sp³-hybridized carbons (Fsp3) is 0.0435. The van der Waals surface area contributed by atoms with E-state index in [4.69, 9.17) is 5.73 Å². The molecule has 1 heterocycles. The van der Waals surface area contributed by atoms with Gasteiger partial charge in [-0.15, -0.1) is 0 Å². The minimum absolute atomic E-state index is 0.0288. The van der Waals surface area contributed by atoms with E-state index in [1.807, 2.05) is 0 Å². The van der Waals surface area contributed by atoms with E-state index in [1.165, 1.54) is 28.8 Å². The highest BCUT2D eigenvalue weighted by Crippen LogP contribution is 2.42. The standard InChI is InChI=1S/C23H17N3O5S/c1-26-18-8-7-16(25-17-10-12(24)6-9-19(17)32(29,30)31)22-21(18)15(11-20(26)27)13-4-2-3-5-14(13)23(22)28/h2-11,25H,24H2,1H3,(H,29,30,31). The number of rotatable bonds is 3. The summed E-state index contributed by atoms with van der Waals surface area (Å²) in [6.45, 7) is 0. The molecule has 4 N–H and O–H groups in total. The molecule has 1 aromatic heterocycles. The lowest BCUT2D eigenvalue weighted by molar-refractivity contribution is 0.104. The van der Waals surface area contributed by atoms with Gasteiger partial charge in [0.05, 0.1) is 22.5 Å². The molecule has 0 spiro atoms. The highest BCUT2D eigenvalue weighted by Gasteiger charge is 2.29. The third-order valence-electron chi connectivity index (χ3n) is 5.65. The third-order valence-corrected chi connectivity index (χ3v) is 6.56. The van der Waals surface area contributed by atoms with Gasteiger partial charge in [-0.1, -0.05) is 24.3 Å². The topological polar surface area (TPSA) is 131 Å². The number of pyridine rings is 1. The van der Waals surface area contributed by atoms with Crippen molar-refractivity contribution < 1.29 is 17.8 Å². The molecule has 1 aliphatic rings. The number of nitrogens with one attached hydrogen (secondary N) is 1. The Kier molecular flexibility index (Phi) is 4.23. The molecule has 0 unspecified atom stereocenters. The van der Waals surface area contributed by atoms with Crippen molar-refractivity contribution in [2.75, 3.05) is 11.1 Å². The molecule has 0 fully saturated rings. The van der Waals surface area contributed by atoms with E-state index >= 15 is 0 Å². The van der Waals surface area contributed by atoms with Gasteiger partial charge in [-0.3, -0.25) is 14.1 Å². The summed E-state index contributed by atoms with van der Waals surface area (Å²) >= 11 is 0. The zero-order valence-electron chi connectivity index (χ0n) is 16.8. The van der Waals surface area contributed by atoms with Crippen LogP contribution in [0.25, 0.3) is 22.0 Å². The molecule has 0 atom stereocenters. The lowest BCUT2D eigenvalue weighted by Crippen LogP contribution is -2.21. The first-order valence-electron chi connectivity index (χ1n) is 9.61. The second-order valence-electron chi connectivity index (χ2n) is 7.57. The van der Waals surface area contributed by atoms with Crippen molar-refractivity contribution in [3.63, 3.8) is 0 Å². The maximum atomic E-state index is 13.5. The van der Waals surface area contributed by atoms with Crippen LogP contribution >= 0.6 is 0 Å². The smallest absolute Gasteiger partial charge is 0.296 e. The van der Waals surface area contributed by atoms with Gasteiger partial charge in [-0.25, -0.2) is 0 Å². The highest BCUT2D eigenvalue weighted by molar-refractivity contribution is 7.86. The van der Waals surface area contributed by atoms with Gasteiger partial charge in [-0.2, -0.15) is 8.42 Å². The average molecular weight is 447 g/mol. The fourth-order valence-electron chi connectivity index (χ4n) is 4.17. The van der Waals surface area contributed by atoms with Gasteiger partial charge in [0.15, 0.2) is 5.78 Å². The van der Waals surface area contributed by atoms with E-state index in [-0.39, 0.29) is 27.6 Å². The minimum Gasteiger partial charge on any atom is -0.399 e. The lowest BCUT2D eigenvalue weighted by atomic mass is 9.83. The molecule has 9 heteroatoms. The maximum Gasteiger partial charge on any atom is 0.296 e. The molecule has 8 nitrogen and oxygen atoms in total. The van der Waals surface area contributed by atoms with Crippen molar-refractivity contribution in [1.82, 2.24) is 4.57 Å². The summed E-state index contributed by atoms with van der Waals surface area (Å²) in [6, 6.07) is 15.7. The summed E-state index contributed by atoms with van der Waals surface area (Å²) in [7, 11) is -2.93. The largest absolute Gasteiger partial charge is 0.399 e. The molecule has 0 amide bonds. The van der Waals surface area contributed by atoms with Crippen LogP contribution in [0.3, 0.4) is 0 Å². The molecule has 160 valence electrons. The lowest BCUT2D eigenvalue weighted by Gasteiger charge is -2.24. The number of fused-ring (bicyclic) bond motifs is 2. The van der Waals surface area contributed by atoms with Crippen LogP contribution in [0, 0.1) is 0 Å². The van der Waals surface area contributed by atoms with E-state index in [2.05, 4.69) is 5.32 Å². The van der Waals surface area contributed by atoms with Gasteiger partial charge >= 0.3 is 0 Å². The molecule has 0 bridgehead atoms. The van der Waals surface area contributed by atoms with Gasteiger partial charge in [0, 0.05) is 29.8 Å². The summed E-state index contributed by atoms with van der Waals surface area (Å²) in [5, 5.41) is 3.54. The molecular formula is C23H17N3O5S. The first kappa shape index (κ1) is 20.0. The fourth-order valence-corrected chi connectivity index (χ4v) is 4.80. The monoisotopic (exact) mass is 447 g/mol. The van der Waals surface area contributed by atoms with Gasteiger partial charge < -0.3 is 15.6 Å².